The van der Waals surface area contributed by atoms with Crippen molar-refractivity contribution >= 4 is 10.0 Å². The van der Waals surface area contributed by atoms with Crippen LogP contribution in [0, 0.1) is 0 Å². The summed E-state index contributed by atoms with van der Waals surface area (Å²) in [4.78, 5) is 0.250. The highest BCUT2D eigenvalue weighted by Crippen LogP contribution is 2.07. The molecule has 0 radical (unpaired) electrons. The Hall–Kier alpha value is -0.920. The highest BCUT2D eigenvalue weighted by Gasteiger charge is 2.15. The van der Waals surface area contributed by atoms with Gasteiger partial charge in [-0.2, -0.15) is 5.10 Å². The minimum Gasteiger partial charge on any atom is -0.317 e. The third kappa shape index (κ3) is 7.06. The monoisotopic (exact) mass is 316 g/mol. The minimum absolute atomic E-state index is 0.250. The molecule has 1 heterocycles. The number of hydrogen-bond acceptors (Lipinski definition) is 4. The Bertz CT molecular complexity index is 485. The summed E-state index contributed by atoms with van der Waals surface area (Å²) in [6, 6.07) is 0. The molecule has 1 rings (SSSR count). The zero-order chi connectivity index (χ0) is 15.6. The molecule has 0 aromatic carbocycles. The van der Waals surface area contributed by atoms with Crippen molar-refractivity contribution in [3.63, 3.8) is 0 Å². The molecule has 0 bridgehead atoms. The molecule has 0 amide bonds. The zero-order valence-electron chi connectivity index (χ0n) is 13.1. The number of nitrogens with one attached hydrogen (secondary N) is 2. The molecular formula is C14H28N4O2S. The maximum atomic E-state index is 12.0. The third-order valence-electron chi connectivity index (χ3n) is 3.16. The summed E-state index contributed by atoms with van der Waals surface area (Å²) in [5.41, 5.74) is 0. The molecule has 0 spiro atoms. The Morgan fingerprint density at radius 2 is 1.90 bits per heavy atom. The lowest BCUT2D eigenvalue weighted by Crippen LogP contribution is -2.24. The molecule has 1 aromatic rings. The van der Waals surface area contributed by atoms with Crippen LogP contribution in [0.1, 0.15) is 46.0 Å². The van der Waals surface area contributed by atoms with E-state index in [1.54, 1.807) is 10.9 Å². The fourth-order valence-electron chi connectivity index (χ4n) is 1.94. The quantitative estimate of drug-likeness (QED) is 0.576. The Balaban J connectivity index is 2.38. The standard InChI is InChI=1S/C14H28N4O2S/c1-3-5-6-10-17-21(19,20)14-12-16-18(13-14)11-7-9-15-8-4-2/h12-13,15,17H,3-11H2,1-2H3. The minimum atomic E-state index is -3.41. The Labute approximate surface area is 128 Å². The van der Waals surface area contributed by atoms with E-state index in [-0.39, 0.29) is 4.90 Å². The molecule has 2 N–H and O–H groups in total. The fraction of sp³-hybridized carbons (Fsp3) is 0.786. The Morgan fingerprint density at radius 1 is 1.10 bits per heavy atom. The molecule has 122 valence electrons. The van der Waals surface area contributed by atoms with Gasteiger partial charge in [-0.05, 0) is 32.4 Å². The smallest absolute Gasteiger partial charge is 0.243 e. The van der Waals surface area contributed by atoms with Crippen molar-refractivity contribution in [2.75, 3.05) is 19.6 Å². The van der Waals surface area contributed by atoms with Crippen LogP contribution in [0.3, 0.4) is 0 Å². The van der Waals surface area contributed by atoms with Crippen molar-refractivity contribution in [3.8, 4) is 0 Å². The van der Waals surface area contributed by atoms with Gasteiger partial charge < -0.3 is 5.32 Å². The molecule has 0 aliphatic carbocycles. The Kier molecular flexibility index (Phi) is 8.56. The molecule has 0 fully saturated rings. The van der Waals surface area contributed by atoms with Gasteiger partial charge in [-0.25, -0.2) is 13.1 Å². The van der Waals surface area contributed by atoms with Crippen molar-refractivity contribution in [1.82, 2.24) is 19.8 Å². The van der Waals surface area contributed by atoms with Gasteiger partial charge in [-0.3, -0.25) is 4.68 Å². The second kappa shape index (κ2) is 9.92. The summed E-state index contributed by atoms with van der Waals surface area (Å²) < 4.78 is 28.4. The van der Waals surface area contributed by atoms with Crippen LogP contribution in [0.15, 0.2) is 17.3 Å². The van der Waals surface area contributed by atoms with E-state index in [1.165, 1.54) is 6.20 Å². The number of unbranched alkanes of at least 4 members (excludes halogenated alkanes) is 2. The summed E-state index contributed by atoms with van der Waals surface area (Å²) in [6.45, 7) is 7.37. The first-order chi connectivity index (χ1) is 10.1. The second-order valence-electron chi connectivity index (χ2n) is 5.15. The summed E-state index contributed by atoms with van der Waals surface area (Å²) in [7, 11) is -3.41. The summed E-state index contributed by atoms with van der Waals surface area (Å²) in [6.07, 6.45) is 8.05. The zero-order valence-corrected chi connectivity index (χ0v) is 14.0. The van der Waals surface area contributed by atoms with E-state index in [4.69, 9.17) is 0 Å². The van der Waals surface area contributed by atoms with Gasteiger partial charge in [-0.15, -0.1) is 0 Å². The number of hydrogen-bond donors (Lipinski definition) is 2. The van der Waals surface area contributed by atoms with E-state index in [9.17, 15) is 8.42 Å². The van der Waals surface area contributed by atoms with Gasteiger partial charge in [-0.1, -0.05) is 26.7 Å². The molecular weight excluding hydrogens is 288 g/mol. The Morgan fingerprint density at radius 3 is 2.62 bits per heavy atom. The van der Waals surface area contributed by atoms with Crippen LogP contribution in [0.5, 0.6) is 0 Å². The molecule has 1 aromatic heterocycles. The largest absolute Gasteiger partial charge is 0.317 e. The van der Waals surface area contributed by atoms with E-state index in [1.807, 2.05) is 0 Å². The van der Waals surface area contributed by atoms with Gasteiger partial charge in [0.2, 0.25) is 10.0 Å². The first-order valence-electron chi connectivity index (χ1n) is 7.83. The maximum absolute atomic E-state index is 12.0. The third-order valence-corrected chi connectivity index (χ3v) is 4.58. The van der Waals surface area contributed by atoms with E-state index < -0.39 is 10.0 Å². The normalized spacial score (nSPS) is 11.9. The van der Waals surface area contributed by atoms with Gasteiger partial charge in [0.1, 0.15) is 4.90 Å². The van der Waals surface area contributed by atoms with Gasteiger partial charge in [0, 0.05) is 19.3 Å². The molecule has 0 atom stereocenters. The first kappa shape index (κ1) is 18.1. The molecule has 21 heavy (non-hydrogen) atoms. The molecule has 0 saturated heterocycles. The van der Waals surface area contributed by atoms with Crippen LogP contribution in [0.4, 0.5) is 0 Å². The summed E-state index contributed by atoms with van der Waals surface area (Å²) in [5.74, 6) is 0. The summed E-state index contributed by atoms with van der Waals surface area (Å²) >= 11 is 0. The maximum Gasteiger partial charge on any atom is 0.243 e. The summed E-state index contributed by atoms with van der Waals surface area (Å²) in [5, 5.41) is 7.42. The van der Waals surface area contributed by atoms with Crippen molar-refractivity contribution < 1.29 is 8.42 Å². The van der Waals surface area contributed by atoms with Crippen LogP contribution in [0.25, 0.3) is 0 Å². The highest BCUT2D eigenvalue weighted by atomic mass is 32.2. The van der Waals surface area contributed by atoms with E-state index in [0.717, 1.165) is 51.7 Å². The lowest BCUT2D eigenvalue weighted by atomic mass is 10.3. The average molecular weight is 316 g/mol. The van der Waals surface area contributed by atoms with E-state index in [0.29, 0.717) is 6.54 Å². The van der Waals surface area contributed by atoms with Crippen molar-refractivity contribution in [2.45, 2.75) is 57.4 Å². The molecule has 0 aliphatic rings. The van der Waals surface area contributed by atoms with Crippen LogP contribution in [0.2, 0.25) is 0 Å². The SMILES string of the molecule is CCCCCNS(=O)(=O)c1cnn(CCCNCCC)c1. The van der Waals surface area contributed by atoms with Gasteiger partial charge in [0.05, 0.1) is 6.20 Å². The van der Waals surface area contributed by atoms with Crippen LogP contribution < -0.4 is 10.0 Å². The van der Waals surface area contributed by atoms with Crippen molar-refractivity contribution in [1.29, 1.82) is 0 Å². The average Bonchev–Trinajstić information content (AvgIpc) is 2.93. The van der Waals surface area contributed by atoms with Gasteiger partial charge >= 0.3 is 0 Å². The van der Waals surface area contributed by atoms with E-state index >= 15 is 0 Å². The number of nitrogens with zero attached hydrogens (tertiary/aromatic N) is 2. The lowest BCUT2D eigenvalue weighted by Gasteiger charge is -2.04. The number of aromatic nitrogens is 2. The molecule has 0 aliphatic heterocycles. The molecule has 7 heteroatoms. The predicted molar refractivity (Wildman–Crippen MR) is 84.7 cm³/mol. The second-order valence-corrected chi connectivity index (χ2v) is 6.91. The van der Waals surface area contributed by atoms with Crippen LogP contribution in [-0.4, -0.2) is 37.8 Å². The van der Waals surface area contributed by atoms with Crippen LogP contribution in [-0.2, 0) is 16.6 Å². The first-order valence-corrected chi connectivity index (χ1v) is 9.31. The topological polar surface area (TPSA) is 76.0 Å². The van der Waals surface area contributed by atoms with Gasteiger partial charge in [0.25, 0.3) is 0 Å². The lowest BCUT2D eigenvalue weighted by molar-refractivity contribution is 0.541. The molecule has 0 saturated carbocycles. The number of aryl methyl sites for hydroxylation is 1. The van der Waals surface area contributed by atoms with Crippen molar-refractivity contribution in [3.05, 3.63) is 12.4 Å². The fourth-order valence-corrected chi connectivity index (χ4v) is 2.96. The molecule has 6 nitrogen and oxygen atoms in total. The molecule has 0 unspecified atom stereocenters. The predicted octanol–water partition coefficient (Wildman–Crippen LogP) is 1.74. The van der Waals surface area contributed by atoms with Crippen LogP contribution >= 0.6 is 0 Å². The van der Waals surface area contributed by atoms with Gasteiger partial charge in [0.15, 0.2) is 0 Å². The van der Waals surface area contributed by atoms with Crippen molar-refractivity contribution in [2.24, 2.45) is 0 Å². The number of rotatable bonds is 12. The highest BCUT2D eigenvalue weighted by molar-refractivity contribution is 7.89. The van der Waals surface area contributed by atoms with E-state index in [2.05, 4.69) is 29.0 Å². The number of sulfonamides is 1.